The summed E-state index contributed by atoms with van der Waals surface area (Å²) in [5.74, 6) is -0.594. The van der Waals surface area contributed by atoms with E-state index in [1.54, 1.807) is 29.2 Å². The Hall–Kier alpha value is -3.31. The number of aromatic nitrogens is 1. The first-order valence-electron chi connectivity index (χ1n) is 8.98. The molecule has 2 aromatic rings. The summed E-state index contributed by atoms with van der Waals surface area (Å²) in [6.07, 6.45) is 1.06. The quantitative estimate of drug-likeness (QED) is 0.530. The Morgan fingerprint density at radius 2 is 1.97 bits per heavy atom. The third-order valence-corrected chi connectivity index (χ3v) is 5.19. The fourth-order valence-corrected chi connectivity index (χ4v) is 3.52. The van der Waals surface area contributed by atoms with E-state index < -0.39 is 17.4 Å². The summed E-state index contributed by atoms with van der Waals surface area (Å²) in [7, 11) is 2.71. The van der Waals surface area contributed by atoms with Gasteiger partial charge in [0.05, 0.1) is 27.4 Å². The Morgan fingerprint density at radius 1 is 1.23 bits per heavy atom. The Bertz CT molecular complexity index is 1130. The second-order valence-electron chi connectivity index (χ2n) is 6.04. The number of benzene rings is 1. The van der Waals surface area contributed by atoms with E-state index in [0.717, 1.165) is 17.4 Å². The first-order valence-corrected chi connectivity index (χ1v) is 9.80. The van der Waals surface area contributed by atoms with Crippen LogP contribution in [0.3, 0.4) is 0 Å². The van der Waals surface area contributed by atoms with Gasteiger partial charge in [-0.3, -0.25) is 9.59 Å². The van der Waals surface area contributed by atoms with E-state index >= 15 is 0 Å². The van der Waals surface area contributed by atoms with Crippen LogP contribution in [0.5, 0.6) is 5.75 Å². The normalized spacial score (nSPS) is 15.9. The molecule has 1 aliphatic rings. The number of morpholine rings is 1. The molecule has 1 fully saturated rings. The highest BCUT2D eigenvalue weighted by molar-refractivity contribution is 7.07. The average molecular weight is 432 g/mol. The van der Waals surface area contributed by atoms with Crippen molar-refractivity contribution in [2.24, 2.45) is 10.2 Å². The molecule has 1 aliphatic heterocycles. The number of hydrogen-bond acceptors (Lipinski definition) is 9. The van der Waals surface area contributed by atoms with Crippen molar-refractivity contribution in [3.05, 3.63) is 43.8 Å². The number of ether oxygens (including phenoxy) is 3. The maximum Gasteiger partial charge on any atom is 0.332 e. The van der Waals surface area contributed by atoms with Gasteiger partial charge in [-0.2, -0.15) is 0 Å². The van der Waals surface area contributed by atoms with Gasteiger partial charge >= 0.3 is 5.97 Å². The topological polar surface area (TPSA) is 123 Å². The molecule has 1 aromatic heterocycles. The van der Waals surface area contributed by atoms with Crippen molar-refractivity contribution < 1.29 is 23.8 Å². The largest absolute Gasteiger partial charge is 0.494 e. The lowest BCUT2D eigenvalue weighted by atomic mass is 10.3. The summed E-state index contributed by atoms with van der Waals surface area (Å²) in [6, 6.07) is 6.95. The predicted molar refractivity (Wildman–Crippen MR) is 109 cm³/mol. The van der Waals surface area contributed by atoms with E-state index in [2.05, 4.69) is 19.9 Å². The molecular formula is C19H20N4O6S. The number of carbonyl (C=O) groups excluding carboxylic acids is 2. The van der Waals surface area contributed by atoms with Gasteiger partial charge < -0.3 is 24.1 Å². The maximum atomic E-state index is 13.1. The van der Waals surface area contributed by atoms with Gasteiger partial charge in [-0.15, -0.1) is 21.6 Å². The molecule has 2 heterocycles. The van der Waals surface area contributed by atoms with Crippen LogP contribution < -0.4 is 19.5 Å². The zero-order chi connectivity index (χ0) is 21.5. The van der Waals surface area contributed by atoms with Crippen LogP contribution in [0.25, 0.3) is 11.8 Å². The second-order valence-corrected chi connectivity index (χ2v) is 7.09. The van der Waals surface area contributed by atoms with E-state index in [9.17, 15) is 14.4 Å². The molecule has 158 valence electrons. The number of methoxy groups -OCH3 is 2. The van der Waals surface area contributed by atoms with Crippen LogP contribution in [0.2, 0.25) is 0 Å². The molecule has 0 atom stereocenters. The van der Waals surface area contributed by atoms with Crippen LogP contribution in [0.1, 0.15) is 0 Å². The molecule has 30 heavy (non-hydrogen) atoms. The van der Waals surface area contributed by atoms with E-state index in [1.165, 1.54) is 14.2 Å². The van der Waals surface area contributed by atoms with Gasteiger partial charge in [0, 0.05) is 19.2 Å². The number of carbonyl (C=O) groups is 2. The number of nitrogens with one attached hydrogen (secondary N) is 1. The first kappa shape index (κ1) is 21.4. The SMILES string of the molecule is COC(=O)/C=c1/s/c(=C(/N=Nc2ccccc2OC)C(=O)N2CCOCC2)[nH]c1=O. The fraction of sp³-hybridized carbons (Fsp3) is 0.316. The molecule has 0 bridgehead atoms. The lowest BCUT2D eigenvalue weighted by molar-refractivity contribution is -0.133. The highest BCUT2D eigenvalue weighted by Gasteiger charge is 2.23. The molecule has 1 amide bonds. The summed E-state index contributed by atoms with van der Waals surface area (Å²) >= 11 is 0.923. The predicted octanol–water partition coefficient (Wildman–Crippen LogP) is 0.149. The van der Waals surface area contributed by atoms with Gasteiger partial charge in [-0.1, -0.05) is 12.1 Å². The van der Waals surface area contributed by atoms with Gasteiger partial charge in [0.15, 0.2) is 5.70 Å². The van der Waals surface area contributed by atoms with Crippen molar-refractivity contribution in [3.63, 3.8) is 0 Å². The first-order chi connectivity index (χ1) is 14.5. The number of H-pyrrole nitrogens is 1. The number of azo groups is 1. The van der Waals surface area contributed by atoms with E-state index in [0.29, 0.717) is 37.7 Å². The Morgan fingerprint density at radius 3 is 2.67 bits per heavy atom. The van der Waals surface area contributed by atoms with Crippen molar-refractivity contribution in [1.82, 2.24) is 9.88 Å². The zero-order valence-electron chi connectivity index (χ0n) is 16.4. The Labute approximate surface area is 175 Å². The molecule has 0 spiro atoms. The highest BCUT2D eigenvalue weighted by atomic mass is 32.1. The van der Waals surface area contributed by atoms with Gasteiger partial charge in [0.2, 0.25) is 0 Å². The summed E-state index contributed by atoms with van der Waals surface area (Å²) < 4.78 is 15.4. The van der Waals surface area contributed by atoms with Gasteiger partial charge in [-0.25, -0.2) is 4.79 Å². The smallest absolute Gasteiger partial charge is 0.332 e. The molecule has 10 nitrogen and oxygen atoms in total. The number of thiazole rings is 1. The Balaban J connectivity index is 2.12. The Kier molecular flexibility index (Phi) is 7.09. The van der Waals surface area contributed by atoms with Crippen LogP contribution in [-0.2, 0) is 19.1 Å². The number of esters is 1. The minimum absolute atomic E-state index is 0.0468. The molecule has 1 N–H and O–H groups in total. The zero-order valence-corrected chi connectivity index (χ0v) is 17.2. The number of nitrogens with zero attached hydrogens (tertiary/aromatic N) is 3. The standard InChI is InChI=1S/C19H20N4O6S/c1-27-13-6-4-3-5-12(13)21-22-16(19(26)23-7-9-29-10-8-23)18-20-17(25)14(30-18)11-15(24)28-2/h3-6,11H,7-10H2,1-2H3,(H,20,25)/b14-11+,18-16+,22-21?. The third kappa shape index (κ3) is 4.99. The van der Waals surface area contributed by atoms with Gasteiger partial charge in [-0.05, 0) is 12.1 Å². The second kappa shape index (κ2) is 9.94. The molecule has 11 heteroatoms. The minimum Gasteiger partial charge on any atom is -0.494 e. The van der Waals surface area contributed by atoms with Gasteiger partial charge in [0.25, 0.3) is 11.5 Å². The molecule has 0 saturated carbocycles. The number of para-hydroxylation sites is 1. The molecule has 1 saturated heterocycles. The summed E-state index contributed by atoms with van der Waals surface area (Å²) in [6.45, 7) is 1.60. The third-order valence-electron chi connectivity index (χ3n) is 4.17. The van der Waals surface area contributed by atoms with Crippen LogP contribution in [0.4, 0.5) is 5.69 Å². The highest BCUT2D eigenvalue weighted by Crippen LogP contribution is 2.27. The van der Waals surface area contributed by atoms with Crippen molar-refractivity contribution in [2.45, 2.75) is 0 Å². The van der Waals surface area contributed by atoms with Crippen LogP contribution in [-0.4, -0.2) is 62.3 Å². The van der Waals surface area contributed by atoms with Crippen molar-refractivity contribution in [3.8, 4) is 5.75 Å². The number of aromatic amines is 1. The molecule has 0 unspecified atom stereocenters. The van der Waals surface area contributed by atoms with Crippen molar-refractivity contribution in [1.29, 1.82) is 0 Å². The number of rotatable bonds is 5. The molecular weight excluding hydrogens is 412 g/mol. The van der Waals surface area contributed by atoms with Crippen LogP contribution in [0, 0.1) is 0 Å². The molecule has 0 aliphatic carbocycles. The summed E-state index contributed by atoms with van der Waals surface area (Å²) in [4.78, 5) is 41.0. The fourth-order valence-electron chi connectivity index (χ4n) is 2.63. The lowest BCUT2D eigenvalue weighted by Gasteiger charge is -2.26. The maximum absolute atomic E-state index is 13.1. The van der Waals surface area contributed by atoms with Crippen LogP contribution >= 0.6 is 11.3 Å². The molecule has 0 radical (unpaired) electrons. The summed E-state index contributed by atoms with van der Waals surface area (Å²) in [5, 5.41) is 8.29. The number of hydrogen-bond donors (Lipinski definition) is 1. The number of amides is 1. The lowest BCUT2D eigenvalue weighted by Crippen LogP contribution is -2.42. The van der Waals surface area contributed by atoms with E-state index in [4.69, 9.17) is 9.47 Å². The summed E-state index contributed by atoms with van der Waals surface area (Å²) in [5.41, 5.74) is -0.151. The van der Waals surface area contributed by atoms with Gasteiger partial charge in [0.1, 0.15) is 20.6 Å². The van der Waals surface area contributed by atoms with Crippen LogP contribution in [0.15, 0.2) is 39.3 Å². The minimum atomic E-state index is -0.675. The van der Waals surface area contributed by atoms with Crippen molar-refractivity contribution >= 4 is 40.7 Å². The molecule has 3 rings (SSSR count). The average Bonchev–Trinajstić information content (AvgIpc) is 3.14. The van der Waals surface area contributed by atoms with E-state index in [-0.39, 0.29) is 14.9 Å². The van der Waals surface area contributed by atoms with E-state index in [1.807, 2.05) is 0 Å². The van der Waals surface area contributed by atoms with Crippen molar-refractivity contribution in [2.75, 3.05) is 40.5 Å². The molecule has 1 aromatic carbocycles. The monoisotopic (exact) mass is 432 g/mol.